The average Bonchev–Trinajstić information content (AvgIpc) is 3.12. The lowest BCUT2D eigenvalue weighted by molar-refractivity contribution is 0.171. The fourth-order valence-electron chi connectivity index (χ4n) is 4.29. The summed E-state index contributed by atoms with van der Waals surface area (Å²) in [6, 6.07) is 0. The van der Waals surface area contributed by atoms with E-state index in [4.69, 9.17) is 0 Å². The van der Waals surface area contributed by atoms with Gasteiger partial charge in [-0.1, -0.05) is 65.2 Å². The van der Waals surface area contributed by atoms with E-state index in [9.17, 15) is 0 Å². The predicted molar refractivity (Wildman–Crippen MR) is 116 cm³/mol. The van der Waals surface area contributed by atoms with Crippen LogP contribution in [0.15, 0.2) is 0 Å². The molecule has 2 aliphatic heterocycles. The average molecular weight is 369 g/mol. The molecule has 2 fully saturated rings. The fraction of sp³-hybridized carbons (Fsp3) is 1.00. The molecule has 4 heteroatoms. The van der Waals surface area contributed by atoms with Crippen molar-refractivity contribution < 1.29 is 0 Å². The Balaban J connectivity index is 0.000000263. The highest BCUT2D eigenvalue weighted by atomic mass is 15.4. The number of hydrogen-bond donors (Lipinski definition) is 0. The Morgan fingerprint density at radius 1 is 0.500 bits per heavy atom. The summed E-state index contributed by atoms with van der Waals surface area (Å²) < 4.78 is 0. The molecule has 156 valence electrons. The van der Waals surface area contributed by atoms with Crippen LogP contribution in [0.2, 0.25) is 0 Å². The molecule has 0 aliphatic carbocycles. The monoisotopic (exact) mass is 368 g/mol. The summed E-state index contributed by atoms with van der Waals surface area (Å²) in [6.07, 6.45) is 15.3. The van der Waals surface area contributed by atoms with E-state index in [1.807, 2.05) is 0 Å². The van der Waals surface area contributed by atoms with Gasteiger partial charge in [-0.3, -0.25) is 19.6 Å². The fourth-order valence-corrected chi connectivity index (χ4v) is 4.29. The normalized spacial score (nSPS) is 21.5. The van der Waals surface area contributed by atoms with Crippen molar-refractivity contribution in [1.82, 2.24) is 19.6 Å². The molecular formula is C22H48N4. The molecule has 0 N–H and O–H groups in total. The molecule has 0 saturated carbocycles. The van der Waals surface area contributed by atoms with Crippen molar-refractivity contribution in [3.8, 4) is 0 Å². The number of likely N-dealkylation sites (N-methyl/N-ethyl adjacent to an activating group) is 4. The lowest BCUT2D eigenvalue weighted by Crippen LogP contribution is -2.34. The second-order valence-electron chi connectivity index (χ2n) is 8.58. The Morgan fingerprint density at radius 2 is 0.808 bits per heavy atom. The van der Waals surface area contributed by atoms with Crippen molar-refractivity contribution in [3.63, 3.8) is 0 Å². The van der Waals surface area contributed by atoms with Gasteiger partial charge in [0.15, 0.2) is 0 Å². The second-order valence-corrected chi connectivity index (χ2v) is 8.58. The first-order valence-corrected chi connectivity index (χ1v) is 11.3. The zero-order valence-corrected chi connectivity index (χ0v) is 18.8. The number of rotatable bonds is 10. The van der Waals surface area contributed by atoms with Crippen molar-refractivity contribution in [2.45, 2.75) is 90.4 Å². The van der Waals surface area contributed by atoms with Crippen LogP contribution in [0.3, 0.4) is 0 Å². The van der Waals surface area contributed by atoms with E-state index in [2.05, 4.69) is 61.6 Å². The SMILES string of the molecule is CCCCCC1N(C)CCN1C.CCCCCCCC1N(C)CCN1C. The lowest BCUT2D eigenvalue weighted by atomic mass is 10.1. The molecule has 0 amide bonds. The molecule has 2 aliphatic rings. The maximum Gasteiger partial charge on any atom is 0.0618 e. The van der Waals surface area contributed by atoms with Gasteiger partial charge in [-0.2, -0.15) is 0 Å². The van der Waals surface area contributed by atoms with E-state index >= 15 is 0 Å². The first-order valence-electron chi connectivity index (χ1n) is 11.3. The minimum Gasteiger partial charge on any atom is -0.290 e. The Hall–Kier alpha value is -0.160. The topological polar surface area (TPSA) is 13.0 Å². The van der Waals surface area contributed by atoms with Gasteiger partial charge in [0.25, 0.3) is 0 Å². The van der Waals surface area contributed by atoms with Gasteiger partial charge in [0.2, 0.25) is 0 Å². The van der Waals surface area contributed by atoms with Crippen molar-refractivity contribution in [3.05, 3.63) is 0 Å². The minimum atomic E-state index is 0.719. The Morgan fingerprint density at radius 3 is 1.19 bits per heavy atom. The summed E-state index contributed by atoms with van der Waals surface area (Å²) in [4.78, 5) is 9.91. The molecule has 0 aromatic rings. The van der Waals surface area contributed by atoms with Gasteiger partial charge < -0.3 is 0 Å². The molecule has 0 radical (unpaired) electrons. The highest BCUT2D eigenvalue weighted by Crippen LogP contribution is 2.17. The van der Waals surface area contributed by atoms with Crippen LogP contribution in [0.25, 0.3) is 0 Å². The first kappa shape index (κ1) is 23.9. The molecule has 4 nitrogen and oxygen atoms in total. The summed E-state index contributed by atoms with van der Waals surface area (Å²) in [6.45, 7) is 9.52. The van der Waals surface area contributed by atoms with Crippen molar-refractivity contribution in [1.29, 1.82) is 0 Å². The van der Waals surface area contributed by atoms with Gasteiger partial charge in [-0.25, -0.2) is 0 Å². The molecular weight excluding hydrogens is 320 g/mol. The smallest absolute Gasteiger partial charge is 0.0618 e. The minimum absolute atomic E-state index is 0.719. The number of unbranched alkanes of at least 4 members (excludes halogenated alkanes) is 6. The third-order valence-corrected chi connectivity index (χ3v) is 6.28. The number of hydrogen-bond acceptors (Lipinski definition) is 4. The van der Waals surface area contributed by atoms with Crippen LogP contribution in [-0.4, -0.2) is 86.3 Å². The molecule has 0 aromatic heterocycles. The first-order chi connectivity index (χ1) is 12.5. The van der Waals surface area contributed by atoms with E-state index in [0.29, 0.717) is 0 Å². The third kappa shape index (κ3) is 8.69. The molecule has 2 saturated heterocycles. The Labute approximate surface area is 164 Å². The zero-order valence-electron chi connectivity index (χ0n) is 18.8. The van der Waals surface area contributed by atoms with E-state index in [1.54, 1.807) is 0 Å². The van der Waals surface area contributed by atoms with Crippen LogP contribution in [0, 0.1) is 0 Å². The van der Waals surface area contributed by atoms with Gasteiger partial charge >= 0.3 is 0 Å². The van der Waals surface area contributed by atoms with Gasteiger partial charge in [0, 0.05) is 26.2 Å². The standard InChI is InChI=1S/C12H26N2.C10H22N2/c1-4-5-6-7-8-9-12-13(2)10-11-14(12)3;1-4-5-6-7-10-11(2)8-9-12(10)3/h12H,4-11H2,1-3H3;10H,4-9H2,1-3H3. The van der Waals surface area contributed by atoms with Gasteiger partial charge in [0.05, 0.1) is 12.3 Å². The highest BCUT2D eigenvalue weighted by Gasteiger charge is 2.25. The van der Waals surface area contributed by atoms with Crippen molar-refractivity contribution >= 4 is 0 Å². The van der Waals surface area contributed by atoms with Gasteiger partial charge in [-0.15, -0.1) is 0 Å². The van der Waals surface area contributed by atoms with Gasteiger partial charge in [0.1, 0.15) is 0 Å². The molecule has 0 unspecified atom stereocenters. The molecule has 0 spiro atoms. The van der Waals surface area contributed by atoms with Crippen LogP contribution in [0.5, 0.6) is 0 Å². The van der Waals surface area contributed by atoms with Crippen molar-refractivity contribution in [2.24, 2.45) is 0 Å². The maximum atomic E-state index is 2.49. The molecule has 2 rings (SSSR count). The van der Waals surface area contributed by atoms with Crippen LogP contribution in [-0.2, 0) is 0 Å². The molecule has 2 heterocycles. The van der Waals surface area contributed by atoms with Crippen molar-refractivity contribution in [2.75, 3.05) is 54.4 Å². The number of nitrogens with zero attached hydrogens (tertiary/aromatic N) is 4. The van der Waals surface area contributed by atoms with Crippen LogP contribution in [0.1, 0.15) is 78.1 Å². The molecule has 0 bridgehead atoms. The quantitative estimate of drug-likeness (QED) is 0.532. The molecule has 0 atom stereocenters. The summed E-state index contributed by atoms with van der Waals surface area (Å²) in [5.74, 6) is 0. The lowest BCUT2D eigenvalue weighted by Gasteiger charge is -2.24. The van der Waals surface area contributed by atoms with Crippen LogP contribution in [0.4, 0.5) is 0 Å². The molecule has 0 aromatic carbocycles. The van der Waals surface area contributed by atoms with Gasteiger partial charge in [-0.05, 0) is 41.0 Å². The second kappa shape index (κ2) is 13.9. The highest BCUT2D eigenvalue weighted by molar-refractivity contribution is 4.77. The third-order valence-electron chi connectivity index (χ3n) is 6.28. The summed E-state index contributed by atoms with van der Waals surface area (Å²) in [7, 11) is 8.97. The maximum absolute atomic E-state index is 2.49. The Kier molecular flexibility index (Phi) is 12.8. The largest absolute Gasteiger partial charge is 0.290 e. The zero-order chi connectivity index (χ0) is 19.4. The summed E-state index contributed by atoms with van der Waals surface area (Å²) >= 11 is 0. The summed E-state index contributed by atoms with van der Waals surface area (Å²) in [5.41, 5.74) is 0. The van der Waals surface area contributed by atoms with E-state index in [-0.39, 0.29) is 0 Å². The van der Waals surface area contributed by atoms with E-state index in [1.165, 1.54) is 90.4 Å². The van der Waals surface area contributed by atoms with E-state index in [0.717, 1.165) is 12.3 Å². The van der Waals surface area contributed by atoms with Crippen LogP contribution >= 0.6 is 0 Å². The summed E-state index contributed by atoms with van der Waals surface area (Å²) in [5, 5.41) is 0. The predicted octanol–water partition coefficient (Wildman–Crippen LogP) is 4.32. The van der Waals surface area contributed by atoms with E-state index < -0.39 is 0 Å². The Bertz CT molecular complexity index is 316. The van der Waals surface area contributed by atoms with Crippen LogP contribution < -0.4 is 0 Å². The molecule has 26 heavy (non-hydrogen) atoms.